The molecule has 0 bridgehead atoms. The van der Waals surface area contributed by atoms with Crippen molar-refractivity contribution < 1.29 is 27.8 Å². The molecule has 128 valence electrons. The smallest absolute Gasteiger partial charge is 0.417 e. The number of hydrogen-bond acceptors (Lipinski definition) is 3. The van der Waals surface area contributed by atoms with Gasteiger partial charge in [-0.05, 0) is 24.6 Å². The minimum absolute atomic E-state index is 0.130. The number of alkyl halides is 3. The van der Waals surface area contributed by atoms with Crippen molar-refractivity contribution >= 4 is 5.91 Å². The molecule has 0 radical (unpaired) electrons. The molecule has 0 saturated carbocycles. The van der Waals surface area contributed by atoms with Crippen LogP contribution in [0.1, 0.15) is 36.5 Å². The van der Waals surface area contributed by atoms with Gasteiger partial charge in [-0.25, -0.2) is 0 Å². The number of hydrogen-bond donors (Lipinski definition) is 1. The van der Waals surface area contributed by atoms with Gasteiger partial charge in [0.2, 0.25) is 0 Å². The van der Waals surface area contributed by atoms with Crippen molar-refractivity contribution in [2.75, 3.05) is 19.7 Å². The van der Waals surface area contributed by atoms with Gasteiger partial charge in [-0.3, -0.25) is 4.79 Å². The molecule has 1 aliphatic rings. The Balaban J connectivity index is 2.03. The SMILES string of the molecule is CCCOc1cccc(C(=O)N2CCC(O)(C(F)(F)F)CC2)c1. The summed E-state index contributed by atoms with van der Waals surface area (Å²) in [6.07, 6.45) is -4.85. The summed E-state index contributed by atoms with van der Waals surface area (Å²) in [5, 5.41) is 9.64. The molecule has 1 aromatic rings. The zero-order valence-corrected chi connectivity index (χ0v) is 12.9. The molecule has 1 heterocycles. The number of nitrogens with zero attached hydrogens (tertiary/aromatic N) is 1. The van der Waals surface area contributed by atoms with Crippen LogP contribution in [0.15, 0.2) is 24.3 Å². The quantitative estimate of drug-likeness (QED) is 0.923. The van der Waals surface area contributed by atoms with Crippen molar-refractivity contribution in [3.63, 3.8) is 0 Å². The van der Waals surface area contributed by atoms with E-state index < -0.39 is 24.6 Å². The molecule has 1 aromatic carbocycles. The van der Waals surface area contributed by atoms with Crippen LogP contribution in [0, 0.1) is 0 Å². The highest BCUT2D eigenvalue weighted by Gasteiger charge is 2.54. The summed E-state index contributed by atoms with van der Waals surface area (Å²) < 4.78 is 43.8. The van der Waals surface area contributed by atoms with E-state index in [1.165, 1.54) is 4.90 Å². The molecule has 0 aliphatic carbocycles. The Kier molecular flexibility index (Phi) is 5.19. The molecular formula is C16H20F3NO3. The molecule has 1 amide bonds. The van der Waals surface area contributed by atoms with E-state index in [9.17, 15) is 23.1 Å². The third-order valence-corrected chi connectivity index (χ3v) is 3.96. The number of likely N-dealkylation sites (tertiary alicyclic amines) is 1. The maximum absolute atomic E-state index is 12.8. The molecule has 2 rings (SSSR count). The van der Waals surface area contributed by atoms with Gasteiger partial charge in [0, 0.05) is 31.5 Å². The summed E-state index contributed by atoms with van der Waals surface area (Å²) in [4.78, 5) is 13.7. The number of piperidine rings is 1. The third kappa shape index (κ3) is 3.96. The van der Waals surface area contributed by atoms with Crippen LogP contribution in [-0.4, -0.2) is 47.4 Å². The molecule has 4 nitrogen and oxygen atoms in total. The summed E-state index contributed by atoms with van der Waals surface area (Å²) >= 11 is 0. The average Bonchev–Trinajstić information content (AvgIpc) is 2.52. The highest BCUT2D eigenvalue weighted by atomic mass is 19.4. The number of halogens is 3. The zero-order valence-electron chi connectivity index (χ0n) is 12.9. The van der Waals surface area contributed by atoms with Crippen LogP contribution in [0.5, 0.6) is 5.75 Å². The molecule has 7 heteroatoms. The van der Waals surface area contributed by atoms with Crippen LogP contribution in [-0.2, 0) is 0 Å². The van der Waals surface area contributed by atoms with Gasteiger partial charge in [-0.2, -0.15) is 13.2 Å². The van der Waals surface area contributed by atoms with E-state index in [4.69, 9.17) is 4.74 Å². The minimum atomic E-state index is -4.67. The van der Waals surface area contributed by atoms with Gasteiger partial charge in [0.05, 0.1) is 6.61 Å². The Labute approximate surface area is 132 Å². The highest BCUT2D eigenvalue weighted by molar-refractivity contribution is 5.94. The number of benzene rings is 1. The average molecular weight is 331 g/mol. The number of rotatable bonds is 4. The van der Waals surface area contributed by atoms with Gasteiger partial charge in [-0.15, -0.1) is 0 Å². The third-order valence-electron chi connectivity index (χ3n) is 3.96. The first-order valence-electron chi connectivity index (χ1n) is 7.58. The number of aliphatic hydroxyl groups is 1. The highest BCUT2D eigenvalue weighted by Crippen LogP contribution is 2.38. The summed E-state index contributed by atoms with van der Waals surface area (Å²) in [7, 11) is 0. The maximum atomic E-state index is 12.8. The number of amides is 1. The molecule has 1 N–H and O–H groups in total. The lowest BCUT2D eigenvalue weighted by Gasteiger charge is -2.39. The van der Waals surface area contributed by atoms with Crippen molar-refractivity contribution in [3.8, 4) is 5.75 Å². The van der Waals surface area contributed by atoms with Gasteiger partial charge in [0.15, 0.2) is 5.60 Å². The largest absolute Gasteiger partial charge is 0.494 e. The summed E-state index contributed by atoms with van der Waals surface area (Å²) in [6, 6.07) is 6.59. The monoisotopic (exact) mass is 331 g/mol. The van der Waals surface area contributed by atoms with E-state index in [2.05, 4.69) is 0 Å². The molecular weight excluding hydrogens is 311 g/mol. The minimum Gasteiger partial charge on any atom is -0.494 e. The normalized spacial score (nSPS) is 17.9. The Bertz CT molecular complexity index is 552. The van der Waals surface area contributed by atoms with Gasteiger partial charge in [0.1, 0.15) is 5.75 Å². The Hall–Kier alpha value is -1.76. The van der Waals surface area contributed by atoms with Crippen molar-refractivity contribution in [3.05, 3.63) is 29.8 Å². The molecule has 1 fully saturated rings. The van der Waals surface area contributed by atoms with Crippen LogP contribution in [0.3, 0.4) is 0 Å². The zero-order chi connectivity index (χ0) is 17.1. The lowest BCUT2D eigenvalue weighted by Crippen LogP contribution is -2.54. The second kappa shape index (κ2) is 6.78. The van der Waals surface area contributed by atoms with E-state index in [1.54, 1.807) is 24.3 Å². The fraction of sp³-hybridized carbons (Fsp3) is 0.562. The van der Waals surface area contributed by atoms with Gasteiger partial charge >= 0.3 is 6.18 Å². The summed E-state index contributed by atoms with van der Waals surface area (Å²) in [5.74, 6) is 0.206. The van der Waals surface area contributed by atoms with Crippen LogP contribution >= 0.6 is 0 Å². The topological polar surface area (TPSA) is 49.8 Å². The fourth-order valence-corrected chi connectivity index (χ4v) is 2.48. The second-order valence-corrected chi connectivity index (χ2v) is 5.70. The predicted molar refractivity (Wildman–Crippen MR) is 78.4 cm³/mol. The predicted octanol–water partition coefficient (Wildman–Crippen LogP) is 3.00. The molecule has 0 spiro atoms. The first-order valence-corrected chi connectivity index (χ1v) is 7.58. The van der Waals surface area contributed by atoms with Crippen LogP contribution < -0.4 is 4.74 Å². The number of carbonyl (C=O) groups excluding carboxylic acids is 1. The summed E-state index contributed by atoms with van der Waals surface area (Å²) in [6.45, 7) is 2.23. The number of carbonyl (C=O) groups is 1. The van der Waals surface area contributed by atoms with Crippen molar-refractivity contribution in [1.82, 2.24) is 4.90 Å². The first kappa shape index (κ1) is 17.6. The van der Waals surface area contributed by atoms with E-state index >= 15 is 0 Å². The standard InChI is InChI=1S/C16H20F3NO3/c1-2-10-23-13-5-3-4-12(11-13)14(21)20-8-6-15(22,7-9-20)16(17,18)19/h3-5,11,22H,2,6-10H2,1H3. The Morgan fingerprint density at radius 2 is 2.00 bits per heavy atom. The lowest BCUT2D eigenvalue weighted by atomic mass is 9.90. The van der Waals surface area contributed by atoms with Crippen LogP contribution in [0.2, 0.25) is 0 Å². The van der Waals surface area contributed by atoms with E-state index in [0.717, 1.165) is 6.42 Å². The molecule has 0 atom stereocenters. The van der Waals surface area contributed by atoms with Gasteiger partial charge in [0.25, 0.3) is 5.91 Å². The lowest BCUT2D eigenvalue weighted by molar-refractivity contribution is -0.271. The van der Waals surface area contributed by atoms with Crippen LogP contribution in [0.4, 0.5) is 13.2 Å². The van der Waals surface area contributed by atoms with Crippen molar-refractivity contribution in [1.29, 1.82) is 0 Å². The number of ether oxygens (including phenoxy) is 1. The maximum Gasteiger partial charge on any atom is 0.417 e. The van der Waals surface area contributed by atoms with E-state index in [1.807, 2.05) is 6.92 Å². The van der Waals surface area contributed by atoms with Crippen molar-refractivity contribution in [2.45, 2.75) is 38.0 Å². The molecule has 23 heavy (non-hydrogen) atoms. The van der Waals surface area contributed by atoms with Crippen LogP contribution in [0.25, 0.3) is 0 Å². The van der Waals surface area contributed by atoms with Gasteiger partial charge in [-0.1, -0.05) is 13.0 Å². The van der Waals surface area contributed by atoms with Gasteiger partial charge < -0.3 is 14.7 Å². The van der Waals surface area contributed by atoms with E-state index in [0.29, 0.717) is 17.9 Å². The Morgan fingerprint density at radius 3 is 2.57 bits per heavy atom. The molecule has 1 saturated heterocycles. The van der Waals surface area contributed by atoms with Crippen molar-refractivity contribution in [2.24, 2.45) is 0 Å². The molecule has 0 aromatic heterocycles. The Morgan fingerprint density at radius 1 is 1.35 bits per heavy atom. The second-order valence-electron chi connectivity index (χ2n) is 5.70. The molecule has 0 unspecified atom stereocenters. The fourth-order valence-electron chi connectivity index (χ4n) is 2.48. The molecule has 1 aliphatic heterocycles. The summed E-state index contributed by atoms with van der Waals surface area (Å²) in [5.41, 5.74) is -2.33. The first-order chi connectivity index (χ1) is 10.8. The van der Waals surface area contributed by atoms with E-state index in [-0.39, 0.29) is 19.0 Å².